The van der Waals surface area contributed by atoms with Gasteiger partial charge in [0.15, 0.2) is 0 Å². The van der Waals surface area contributed by atoms with E-state index >= 15 is 0 Å². The summed E-state index contributed by atoms with van der Waals surface area (Å²) in [6, 6.07) is 11.4. The smallest absolute Gasteiger partial charge is 0.0991 e. The number of hydrogen-bond acceptors (Lipinski definition) is 3. The summed E-state index contributed by atoms with van der Waals surface area (Å²) < 4.78 is 0. The number of hydrogen-bond donors (Lipinski definition) is 1. The van der Waals surface area contributed by atoms with Gasteiger partial charge in [0.05, 0.1) is 11.6 Å². The highest BCUT2D eigenvalue weighted by atomic mass is 15.2. The van der Waals surface area contributed by atoms with Gasteiger partial charge in [-0.25, -0.2) is 0 Å². The van der Waals surface area contributed by atoms with Crippen LogP contribution in [0.2, 0.25) is 0 Å². The zero-order chi connectivity index (χ0) is 14.4. The molecular formula is C17H25N3. The number of likely N-dealkylation sites (tertiary alicyclic amines) is 1. The molecule has 3 nitrogen and oxygen atoms in total. The summed E-state index contributed by atoms with van der Waals surface area (Å²) in [6.07, 6.45) is 3.93. The Morgan fingerprint density at radius 2 is 2.05 bits per heavy atom. The maximum Gasteiger partial charge on any atom is 0.0991 e. The molecular weight excluding hydrogens is 246 g/mol. The van der Waals surface area contributed by atoms with E-state index in [9.17, 15) is 0 Å². The van der Waals surface area contributed by atoms with Gasteiger partial charge in [0.1, 0.15) is 0 Å². The van der Waals surface area contributed by atoms with Crippen molar-refractivity contribution in [2.75, 3.05) is 13.1 Å². The molecule has 1 aliphatic rings. The Balaban J connectivity index is 1.95. The van der Waals surface area contributed by atoms with Crippen LogP contribution in [0.5, 0.6) is 0 Å². The van der Waals surface area contributed by atoms with Crippen molar-refractivity contribution in [1.29, 1.82) is 5.26 Å². The Morgan fingerprint density at radius 3 is 2.70 bits per heavy atom. The molecule has 0 aromatic heterocycles. The Hall–Kier alpha value is -1.37. The third-order valence-corrected chi connectivity index (χ3v) is 3.98. The lowest BCUT2D eigenvalue weighted by molar-refractivity contribution is 0.136. The number of nitriles is 1. The fraction of sp³-hybridized carbons (Fsp3) is 0.588. The Kier molecular flexibility index (Phi) is 5.58. The second kappa shape index (κ2) is 7.42. The predicted octanol–water partition coefficient (Wildman–Crippen LogP) is 2.91. The first-order valence-corrected chi connectivity index (χ1v) is 7.65. The van der Waals surface area contributed by atoms with Crippen LogP contribution in [0.15, 0.2) is 24.3 Å². The van der Waals surface area contributed by atoms with Crippen LogP contribution in [0.25, 0.3) is 0 Å². The highest BCUT2D eigenvalue weighted by Gasteiger charge is 2.22. The number of rotatable bonds is 5. The molecule has 1 aromatic carbocycles. The molecule has 1 atom stereocenters. The summed E-state index contributed by atoms with van der Waals surface area (Å²) in [7, 11) is 0. The van der Waals surface area contributed by atoms with Gasteiger partial charge in [0.25, 0.3) is 0 Å². The van der Waals surface area contributed by atoms with Gasteiger partial charge in [0.2, 0.25) is 0 Å². The molecule has 0 saturated carbocycles. The Labute approximate surface area is 122 Å². The minimum Gasteiger partial charge on any atom is -0.313 e. The van der Waals surface area contributed by atoms with Crippen LogP contribution in [-0.4, -0.2) is 30.1 Å². The molecule has 0 bridgehead atoms. The van der Waals surface area contributed by atoms with Gasteiger partial charge in [-0.3, -0.25) is 4.90 Å². The normalized spacial score (nSPS) is 20.0. The van der Waals surface area contributed by atoms with E-state index in [1.807, 2.05) is 12.1 Å². The van der Waals surface area contributed by atoms with Gasteiger partial charge in [-0.2, -0.15) is 5.26 Å². The fourth-order valence-electron chi connectivity index (χ4n) is 2.79. The quantitative estimate of drug-likeness (QED) is 0.895. The van der Waals surface area contributed by atoms with E-state index < -0.39 is 0 Å². The van der Waals surface area contributed by atoms with E-state index in [4.69, 9.17) is 5.26 Å². The van der Waals surface area contributed by atoms with Crippen molar-refractivity contribution >= 4 is 0 Å². The summed E-state index contributed by atoms with van der Waals surface area (Å²) in [5.41, 5.74) is 2.05. The van der Waals surface area contributed by atoms with Crippen LogP contribution in [-0.2, 0) is 6.54 Å². The monoisotopic (exact) mass is 271 g/mol. The summed E-state index contributed by atoms with van der Waals surface area (Å²) >= 11 is 0. The number of benzene rings is 1. The highest BCUT2D eigenvalue weighted by molar-refractivity contribution is 5.31. The molecule has 0 radical (unpaired) electrons. The molecule has 0 amide bonds. The first kappa shape index (κ1) is 15.0. The lowest BCUT2D eigenvalue weighted by Gasteiger charge is -2.36. The molecule has 0 aliphatic carbocycles. The fourth-order valence-corrected chi connectivity index (χ4v) is 2.79. The third-order valence-electron chi connectivity index (χ3n) is 3.98. The first-order valence-electron chi connectivity index (χ1n) is 7.65. The van der Waals surface area contributed by atoms with Crippen molar-refractivity contribution in [3.05, 3.63) is 35.4 Å². The Bertz CT molecular complexity index is 444. The highest BCUT2D eigenvalue weighted by Crippen LogP contribution is 2.19. The van der Waals surface area contributed by atoms with Crippen LogP contribution < -0.4 is 5.32 Å². The van der Waals surface area contributed by atoms with E-state index in [0.29, 0.717) is 12.1 Å². The lowest BCUT2D eigenvalue weighted by Crippen LogP contribution is -2.46. The van der Waals surface area contributed by atoms with Crippen molar-refractivity contribution in [3.63, 3.8) is 0 Å². The molecule has 1 heterocycles. The van der Waals surface area contributed by atoms with E-state index in [0.717, 1.165) is 18.7 Å². The average Bonchev–Trinajstić information content (AvgIpc) is 2.47. The van der Waals surface area contributed by atoms with E-state index in [2.05, 4.69) is 42.3 Å². The predicted molar refractivity (Wildman–Crippen MR) is 82.3 cm³/mol. The van der Waals surface area contributed by atoms with Gasteiger partial charge in [-0.15, -0.1) is 0 Å². The van der Waals surface area contributed by atoms with Gasteiger partial charge in [-0.1, -0.05) is 32.4 Å². The molecule has 2 rings (SSSR count). The molecule has 108 valence electrons. The van der Waals surface area contributed by atoms with Gasteiger partial charge in [-0.05, 0) is 37.1 Å². The summed E-state index contributed by atoms with van der Waals surface area (Å²) in [5.74, 6) is 0. The van der Waals surface area contributed by atoms with Crippen LogP contribution in [0.1, 0.15) is 44.2 Å². The molecule has 3 heteroatoms. The molecule has 1 aliphatic heterocycles. The van der Waals surface area contributed by atoms with Crippen molar-refractivity contribution in [2.45, 2.75) is 51.7 Å². The van der Waals surface area contributed by atoms with Crippen LogP contribution in [0, 0.1) is 11.3 Å². The van der Waals surface area contributed by atoms with Crippen LogP contribution in [0.4, 0.5) is 0 Å². The zero-order valence-corrected chi connectivity index (χ0v) is 12.6. The first-order chi connectivity index (χ1) is 9.69. The molecule has 1 fully saturated rings. The van der Waals surface area contributed by atoms with Crippen molar-refractivity contribution in [3.8, 4) is 6.07 Å². The SMILES string of the molecule is CC(C)NCC1CCCCN1Cc1ccc(C#N)cc1. The summed E-state index contributed by atoms with van der Waals surface area (Å²) in [6.45, 7) is 7.66. The molecule has 1 unspecified atom stereocenters. The van der Waals surface area contributed by atoms with Gasteiger partial charge < -0.3 is 5.32 Å². The standard InChI is InChI=1S/C17H25N3/c1-14(2)19-12-17-5-3-4-10-20(17)13-16-8-6-15(11-18)7-9-16/h6-9,14,17,19H,3-5,10,12-13H2,1-2H3. The van der Waals surface area contributed by atoms with E-state index in [-0.39, 0.29) is 0 Å². The van der Waals surface area contributed by atoms with Crippen LogP contribution in [0.3, 0.4) is 0 Å². The zero-order valence-electron chi connectivity index (χ0n) is 12.6. The Morgan fingerprint density at radius 1 is 1.30 bits per heavy atom. The van der Waals surface area contributed by atoms with E-state index in [1.54, 1.807) is 0 Å². The van der Waals surface area contributed by atoms with E-state index in [1.165, 1.54) is 31.4 Å². The summed E-state index contributed by atoms with van der Waals surface area (Å²) in [4.78, 5) is 2.58. The second-order valence-electron chi connectivity index (χ2n) is 5.99. The summed E-state index contributed by atoms with van der Waals surface area (Å²) in [5, 5.41) is 12.4. The van der Waals surface area contributed by atoms with Gasteiger partial charge in [0, 0.05) is 25.2 Å². The topological polar surface area (TPSA) is 39.1 Å². The second-order valence-corrected chi connectivity index (χ2v) is 5.99. The number of nitrogens with one attached hydrogen (secondary N) is 1. The van der Waals surface area contributed by atoms with Crippen molar-refractivity contribution in [1.82, 2.24) is 10.2 Å². The largest absolute Gasteiger partial charge is 0.313 e. The molecule has 1 aromatic rings. The molecule has 20 heavy (non-hydrogen) atoms. The van der Waals surface area contributed by atoms with Gasteiger partial charge >= 0.3 is 0 Å². The van der Waals surface area contributed by atoms with Crippen molar-refractivity contribution in [2.24, 2.45) is 0 Å². The maximum atomic E-state index is 8.85. The minimum absolute atomic E-state index is 0.550. The minimum atomic E-state index is 0.550. The average molecular weight is 271 g/mol. The van der Waals surface area contributed by atoms with Crippen molar-refractivity contribution < 1.29 is 0 Å². The third kappa shape index (κ3) is 4.33. The lowest BCUT2D eigenvalue weighted by atomic mass is 10.0. The number of nitrogens with zero attached hydrogens (tertiary/aromatic N) is 2. The van der Waals surface area contributed by atoms with Crippen LogP contribution >= 0.6 is 0 Å². The molecule has 1 saturated heterocycles. The number of piperidine rings is 1. The molecule has 1 N–H and O–H groups in total. The maximum absolute atomic E-state index is 8.85. The molecule has 0 spiro atoms.